The number of carbonyl (C=O) groups excluding carboxylic acids is 3. The van der Waals surface area contributed by atoms with Crippen molar-refractivity contribution >= 4 is 41.3 Å². The number of nitrogens with zero attached hydrogens (tertiary/aromatic N) is 1. The van der Waals surface area contributed by atoms with Crippen LogP contribution in [0.15, 0.2) is 47.6 Å². The van der Waals surface area contributed by atoms with Crippen LogP contribution >= 0.6 is 11.6 Å². The lowest BCUT2D eigenvalue weighted by atomic mass is 10.2. The number of benzene rings is 2. The van der Waals surface area contributed by atoms with Gasteiger partial charge in [-0.25, -0.2) is 10.2 Å². The molecule has 0 atom stereocenters. The second-order valence-electron chi connectivity index (χ2n) is 5.44. The van der Waals surface area contributed by atoms with E-state index in [-0.39, 0.29) is 6.61 Å². The number of ether oxygens (including phenoxy) is 3. The molecule has 9 nitrogen and oxygen atoms in total. The fraction of sp³-hybridized carbons (Fsp3) is 0.158. The van der Waals surface area contributed by atoms with Crippen LogP contribution in [0.5, 0.6) is 11.5 Å². The lowest BCUT2D eigenvalue weighted by Gasteiger charge is -2.07. The fourth-order valence-electron chi connectivity index (χ4n) is 2.00. The molecule has 0 aliphatic heterocycles. The van der Waals surface area contributed by atoms with Gasteiger partial charge < -0.3 is 19.5 Å². The van der Waals surface area contributed by atoms with Gasteiger partial charge in [0.15, 0.2) is 6.61 Å². The first-order valence-electron chi connectivity index (χ1n) is 8.20. The van der Waals surface area contributed by atoms with Crippen molar-refractivity contribution in [1.29, 1.82) is 0 Å². The maximum atomic E-state index is 11.9. The highest BCUT2D eigenvalue weighted by Gasteiger charge is 2.13. The average molecular weight is 420 g/mol. The highest BCUT2D eigenvalue weighted by molar-refractivity contribution is 6.40. The molecule has 0 unspecified atom stereocenters. The molecule has 0 bridgehead atoms. The van der Waals surface area contributed by atoms with Gasteiger partial charge in [0, 0.05) is 5.69 Å². The number of hydrogen-bond acceptors (Lipinski definition) is 7. The molecule has 0 fully saturated rings. The zero-order valence-corrected chi connectivity index (χ0v) is 16.4. The molecular weight excluding hydrogens is 402 g/mol. The van der Waals surface area contributed by atoms with E-state index in [0.29, 0.717) is 27.8 Å². The van der Waals surface area contributed by atoms with Gasteiger partial charge in [-0.1, -0.05) is 11.6 Å². The molecule has 2 N–H and O–H groups in total. The SMILES string of the molecule is COC(=O)COc1ccc(/C=N\NC(=O)C(=O)Nc2ccc(OC)c(Cl)c2)cc1. The third kappa shape index (κ3) is 6.82. The lowest BCUT2D eigenvalue weighted by Crippen LogP contribution is -2.32. The van der Waals surface area contributed by atoms with Crippen molar-refractivity contribution in [2.24, 2.45) is 5.10 Å². The first kappa shape index (κ1) is 21.7. The summed E-state index contributed by atoms with van der Waals surface area (Å²) in [6, 6.07) is 11.1. The molecule has 0 aromatic heterocycles. The number of rotatable bonds is 7. The zero-order chi connectivity index (χ0) is 21.2. The lowest BCUT2D eigenvalue weighted by molar-refractivity contribution is -0.142. The van der Waals surface area contributed by atoms with E-state index in [2.05, 4.69) is 20.6 Å². The van der Waals surface area contributed by atoms with Crippen LogP contribution in [0.2, 0.25) is 5.02 Å². The molecule has 2 aromatic rings. The number of methoxy groups -OCH3 is 2. The minimum Gasteiger partial charge on any atom is -0.495 e. The van der Waals surface area contributed by atoms with E-state index in [1.54, 1.807) is 36.4 Å². The fourth-order valence-corrected chi connectivity index (χ4v) is 2.26. The third-order valence-corrected chi connectivity index (χ3v) is 3.76. The summed E-state index contributed by atoms with van der Waals surface area (Å²) >= 11 is 5.97. The first-order chi connectivity index (χ1) is 13.9. The Balaban J connectivity index is 1.84. The Labute approximate surface area is 171 Å². The largest absolute Gasteiger partial charge is 0.495 e. The number of anilines is 1. The van der Waals surface area contributed by atoms with E-state index in [1.807, 2.05) is 0 Å². The van der Waals surface area contributed by atoms with Gasteiger partial charge in [-0.05, 0) is 48.0 Å². The standard InChI is InChI=1S/C19H18ClN3O6/c1-27-16-8-5-13(9-15(16)20)22-18(25)19(26)23-21-10-12-3-6-14(7-4-12)29-11-17(24)28-2/h3-10H,11H2,1-2H3,(H,22,25)(H,23,26)/b21-10-. The van der Waals surface area contributed by atoms with E-state index in [9.17, 15) is 14.4 Å². The number of halogens is 1. The topological polar surface area (TPSA) is 115 Å². The number of esters is 1. The van der Waals surface area contributed by atoms with E-state index in [4.69, 9.17) is 21.1 Å². The second-order valence-corrected chi connectivity index (χ2v) is 5.84. The van der Waals surface area contributed by atoms with Gasteiger partial charge in [0.05, 0.1) is 25.5 Å². The predicted molar refractivity (Wildman–Crippen MR) is 106 cm³/mol. The minimum atomic E-state index is -0.953. The maximum Gasteiger partial charge on any atom is 0.343 e. The van der Waals surface area contributed by atoms with Crippen LogP contribution in [-0.4, -0.2) is 44.8 Å². The summed E-state index contributed by atoms with van der Waals surface area (Å²) < 4.78 is 14.7. The quantitative estimate of drug-likeness (QED) is 0.307. The molecule has 0 spiro atoms. The van der Waals surface area contributed by atoms with Crippen LogP contribution < -0.4 is 20.2 Å². The summed E-state index contributed by atoms with van der Waals surface area (Å²) in [6.07, 6.45) is 1.35. The van der Waals surface area contributed by atoms with Crippen molar-refractivity contribution in [3.8, 4) is 11.5 Å². The molecule has 0 saturated heterocycles. The van der Waals surface area contributed by atoms with Crippen LogP contribution in [0.25, 0.3) is 0 Å². The molecule has 2 aromatic carbocycles. The summed E-state index contributed by atoms with van der Waals surface area (Å²) in [4.78, 5) is 34.7. The second kappa shape index (κ2) is 10.7. The van der Waals surface area contributed by atoms with Crippen molar-refractivity contribution < 1.29 is 28.6 Å². The first-order valence-corrected chi connectivity index (χ1v) is 8.58. The van der Waals surface area contributed by atoms with E-state index in [1.165, 1.54) is 26.5 Å². The molecule has 0 aliphatic rings. The molecule has 10 heteroatoms. The molecule has 0 radical (unpaired) electrons. The van der Waals surface area contributed by atoms with Crippen LogP contribution in [0, 0.1) is 0 Å². The van der Waals surface area contributed by atoms with Crippen LogP contribution in [0.1, 0.15) is 5.56 Å². The third-order valence-electron chi connectivity index (χ3n) is 3.46. The Hall–Kier alpha value is -3.59. The number of nitrogens with one attached hydrogen (secondary N) is 2. The predicted octanol–water partition coefficient (Wildman–Crippen LogP) is 1.99. The Morgan fingerprint density at radius 3 is 2.41 bits per heavy atom. The van der Waals surface area contributed by atoms with Gasteiger partial charge in [0.25, 0.3) is 0 Å². The molecule has 0 heterocycles. The van der Waals surface area contributed by atoms with Gasteiger partial charge in [-0.15, -0.1) is 0 Å². The molecule has 0 aliphatic carbocycles. The van der Waals surface area contributed by atoms with Crippen LogP contribution in [-0.2, 0) is 19.1 Å². The Morgan fingerprint density at radius 2 is 1.79 bits per heavy atom. The summed E-state index contributed by atoms with van der Waals surface area (Å²) in [5.74, 6) is -1.44. The molecule has 2 rings (SSSR count). The van der Waals surface area contributed by atoms with Crippen molar-refractivity contribution in [2.75, 3.05) is 26.1 Å². The summed E-state index contributed by atoms with van der Waals surface area (Å²) in [7, 11) is 2.74. The normalized spacial score (nSPS) is 10.3. The summed E-state index contributed by atoms with van der Waals surface area (Å²) in [6.45, 7) is -0.200. The maximum absolute atomic E-state index is 11.9. The monoisotopic (exact) mass is 419 g/mol. The van der Waals surface area contributed by atoms with Gasteiger partial charge in [0.2, 0.25) is 0 Å². The van der Waals surface area contributed by atoms with Crippen molar-refractivity contribution in [1.82, 2.24) is 5.43 Å². The van der Waals surface area contributed by atoms with Gasteiger partial charge in [0.1, 0.15) is 11.5 Å². The Morgan fingerprint density at radius 1 is 1.07 bits per heavy atom. The zero-order valence-electron chi connectivity index (χ0n) is 15.6. The van der Waals surface area contributed by atoms with E-state index in [0.717, 1.165) is 0 Å². The highest BCUT2D eigenvalue weighted by Crippen LogP contribution is 2.27. The van der Waals surface area contributed by atoms with Gasteiger partial charge >= 0.3 is 17.8 Å². The van der Waals surface area contributed by atoms with Crippen LogP contribution in [0.4, 0.5) is 5.69 Å². The van der Waals surface area contributed by atoms with Crippen molar-refractivity contribution in [2.45, 2.75) is 0 Å². The van der Waals surface area contributed by atoms with E-state index < -0.39 is 17.8 Å². The number of hydrazone groups is 1. The molecule has 152 valence electrons. The smallest absolute Gasteiger partial charge is 0.343 e. The molecule has 0 saturated carbocycles. The average Bonchev–Trinajstić information content (AvgIpc) is 2.72. The highest BCUT2D eigenvalue weighted by atomic mass is 35.5. The van der Waals surface area contributed by atoms with Crippen LogP contribution in [0.3, 0.4) is 0 Å². The van der Waals surface area contributed by atoms with Crippen molar-refractivity contribution in [3.63, 3.8) is 0 Å². The summed E-state index contributed by atoms with van der Waals surface area (Å²) in [5, 5.41) is 6.41. The van der Waals surface area contributed by atoms with Gasteiger partial charge in [-0.2, -0.15) is 5.10 Å². The summed E-state index contributed by atoms with van der Waals surface area (Å²) in [5.41, 5.74) is 3.09. The Kier molecular flexibility index (Phi) is 7.99. The molecular formula is C19H18ClN3O6. The van der Waals surface area contributed by atoms with Gasteiger partial charge in [-0.3, -0.25) is 9.59 Å². The number of hydrogen-bond donors (Lipinski definition) is 2. The van der Waals surface area contributed by atoms with Crippen molar-refractivity contribution in [3.05, 3.63) is 53.1 Å². The van der Waals surface area contributed by atoms with E-state index >= 15 is 0 Å². The minimum absolute atomic E-state index is 0.200. The molecule has 2 amide bonds. The number of carbonyl (C=O) groups is 3. The Bertz CT molecular complexity index is 915. The molecule has 29 heavy (non-hydrogen) atoms. The number of amides is 2.